The first-order valence-electron chi connectivity index (χ1n) is 6.21. The number of aliphatic carboxylic acids is 1. The summed E-state index contributed by atoms with van der Waals surface area (Å²) in [7, 11) is 0. The topological polar surface area (TPSA) is 57.6 Å². The van der Waals surface area contributed by atoms with E-state index in [1.165, 1.54) is 4.90 Å². The molecule has 0 aliphatic carbocycles. The van der Waals surface area contributed by atoms with Crippen LogP contribution in [0.5, 0.6) is 0 Å². The number of benzene rings is 1. The molecule has 0 aliphatic heterocycles. The van der Waals surface area contributed by atoms with Crippen LogP contribution in [0.25, 0.3) is 0 Å². The molecule has 0 fully saturated rings. The van der Waals surface area contributed by atoms with E-state index >= 15 is 0 Å². The van der Waals surface area contributed by atoms with Crippen LogP contribution in [0, 0.1) is 0 Å². The van der Waals surface area contributed by atoms with Gasteiger partial charge in [-0.1, -0.05) is 18.2 Å². The number of hydrogen-bond acceptors (Lipinski definition) is 3. The van der Waals surface area contributed by atoms with Gasteiger partial charge in [-0.3, -0.25) is 9.59 Å². The molecule has 0 unspecified atom stereocenters. The van der Waals surface area contributed by atoms with Gasteiger partial charge in [0, 0.05) is 12.1 Å². The van der Waals surface area contributed by atoms with Crippen molar-refractivity contribution in [1.29, 1.82) is 0 Å². The highest BCUT2D eigenvalue weighted by Crippen LogP contribution is 2.15. The first-order chi connectivity index (χ1) is 9.15. The maximum atomic E-state index is 12.1. The Bertz CT molecular complexity index is 408. The van der Waals surface area contributed by atoms with E-state index in [4.69, 9.17) is 5.11 Å². The minimum atomic E-state index is -0.999. The highest BCUT2D eigenvalue weighted by Gasteiger charge is 2.17. The summed E-state index contributed by atoms with van der Waals surface area (Å²) in [6, 6.07) is 8.94. The van der Waals surface area contributed by atoms with Gasteiger partial charge in [-0.25, -0.2) is 0 Å². The van der Waals surface area contributed by atoms with Crippen LogP contribution < -0.4 is 4.90 Å². The summed E-state index contributed by atoms with van der Waals surface area (Å²) in [5.41, 5.74) is 0.639. The smallest absolute Gasteiger partial charge is 0.323 e. The minimum Gasteiger partial charge on any atom is -0.480 e. The molecule has 1 aromatic carbocycles. The summed E-state index contributed by atoms with van der Waals surface area (Å²) in [4.78, 5) is 24.3. The average Bonchev–Trinajstić information content (AvgIpc) is 2.41. The number of nitrogens with zero attached hydrogens (tertiary/aromatic N) is 1. The molecule has 19 heavy (non-hydrogen) atoms. The predicted octanol–water partition coefficient (Wildman–Crippen LogP) is 2.64. The number of amides is 1. The molecule has 1 aromatic rings. The summed E-state index contributed by atoms with van der Waals surface area (Å²) in [6.45, 7) is -0.286. The molecular weight excluding hydrogens is 262 g/mol. The highest BCUT2D eigenvalue weighted by atomic mass is 32.2. The summed E-state index contributed by atoms with van der Waals surface area (Å²) < 4.78 is 0. The number of carboxylic acids is 1. The Hall–Kier alpha value is -1.49. The van der Waals surface area contributed by atoms with Crippen molar-refractivity contribution >= 4 is 29.3 Å². The fourth-order valence-corrected chi connectivity index (χ4v) is 2.22. The van der Waals surface area contributed by atoms with Crippen LogP contribution in [-0.2, 0) is 9.59 Å². The number of hydrogen-bond donors (Lipinski definition) is 1. The van der Waals surface area contributed by atoms with Crippen LogP contribution in [0.1, 0.15) is 19.3 Å². The van der Waals surface area contributed by atoms with E-state index in [1.54, 1.807) is 36.0 Å². The zero-order valence-corrected chi connectivity index (χ0v) is 11.9. The molecule has 1 amide bonds. The van der Waals surface area contributed by atoms with Crippen LogP contribution in [0.3, 0.4) is 0 Å². The molecule has 5 heteroatoms. The Morgan fingerprint density at radius 3 is 2.47 bits per heavy atom. The van der Waals surface area contributed by atoms with Gasteiger partial charge in [-0.2, -0.15) is 11.8 Å². The monoisotopic (exact) mass is 281 g/mol. The molecule has 1 N–H and O–H groups in total. The molecule has 0 radical (unpaired) electrons. The average molecular weight is 281 g/mol. The third-order valence-electron chi connectivity index (χ3n) is 2.65. The van der Waals surface area contributed by atoms with E-state index in [1.807, 2.05) is 12.3 Å². The van der Waals surface area contributed by atoms with Gasteiger partial charge in [0.05, 0.1) is 0 Å². The number of carbonyl (C=O) groups is 2. The molecule has 0 bridgehead atoms. The lowest BCUT2D eigenvalue weighted by atomic mass is 10.2. The Morgan fingerprint density at radius 2 is 1.89 bits per heavy atom. The molecular formula is C14H19NO3S. The van der Waals surface area contributed by atoms with Crippen molar-refractivity contribution in [1.82, 2.24) is 0 Å². The van der Waals surface area contributed by atoms with Gasteiger partial charge in [0.15, 0.2) is 0 Å². The lowest BCUT2D eigenvalue weighted by Gasteiger charge is -2.20. The van der Waals surface area contributed by atoms with Gasteiger partial charge in [-0.15, -0.1) is 0 Å². The molecule has 0 saturated carbocycles. The molecule has 0 heterocycles. The van der Waals surface area contributed by atoms with Crippen molar-refractivity contribution in [2.24, 2.45) is 0 Å². The molecule has 104 valence electrons. The van der Waals surface area contributed by atoms with E-state index < -0.39 is 5.97 Å². The molecule has 0 spiro atoms. The number of carboxylic acid groups (broad SMARTS) is 1. The minimum absolute atomic E-state index is 0.130. The SMILES string of the molecule is CSCCCCC(=O)N(CC(=O)O)c1ccccc1. The van der Waals surface area contributed by atoms with Gasteiger partial charge < -0.3 is 10.0 Å². The van der Waals surface area contributed by atoms with Gasteiger partial charge in [0.1, 0.15) is 6.54 Å². The van der Waals surface area contributed by atoms with Crippen LogP contribution in [0.2, 0.25) is 0 Å². The van der Waals surface area contributed by atoms with Crippen molar-refractivity contribution in [2.45, 2.75) is 19.3 Å². The Morgan fingerprint density at radius 1 is 1.21 bits per heavy atom. The first-order valence-corrected chi connectivity index (χ1v) is 7.60. The van der Waals surface area contributed by atoms with Gasteiger partial charge in [0.2, 0.25) is 5.91 Å². The van der Waals surface area contributed by atoms with Crippen molar-refractivity contribution in [3.63, 3.8) is 0 Å². The Kier molecular flexibility index (Phi) is 7.03. The standard InChI is InChI=1S/C14H19NO3S/c1-19-10-6-5-9-13(16)15(11-14(17)18)12-7-3-2-4-8-12/h2-4,7-8H,5-6,9-11H2,1H3,(H,17,18). The Balaban J connectivity index is 2.63. The fraction of sp³-hybridized carbons (Fsp3) is 0.429. The number of anilines is 1. The van der Waals surface area contributed by atoms with Crippen LogP contribution in [0.4, 0.5) is 5.69 Å². The molecule has 4 nitrogen and oxygen atoms in total. The normalized spacial score (nSPS) is 10.2. The molecule has 0 aromatic heterocycles. The van der Waals surface area contributed by atoms with Crippen LogP contribution >= 0.6 is 11.8 Å². The van der Waals surface area contributed by atoms with Crippen molar-refractivity contribution in [3.05, 3.63) is 30.3 Å². The number of para-hydroxylation sites is 1. The number of rotatable bonds is 8. The second-order valence-electron chi connectivity index (χ2n) is 4.16. The number of unbranched alkanes of at least 4 members (excludes halogenated alkanes) is 1. The second-order valence-corrected chi connectivity index (χ2v) is 5.14. The molecule has 1 rings (SSSR count). The maximum absolute atomic E-state index is 12.1. The predicted molar refractivity (Wildman–Crippen MR) is 78.7 cm³/mol. The second kappa shape index (κ2) is 8.58. The van der Waals surface area contributed by atoms with E-state index in [2.05, 4.69) is 0 Å². The van der Waals surface area contributed by atoms with E-state index in [9.17, 15) is 9.59 Å². The van der Waals surface area contributed by atoms with Crippen molar-refractivity contribution in [2.75, 3.05) is 23.5 Å². The van der Waals surface area contributed by atoms with Crippen LogP contribution in [0.15, 0.2) is 30.3 Å². The first kappa shape index (κ1) is 15.6. The van der Waals surface area contributed by atoms with Crippen molar-refractivity contribution < 1.29 is 14.7 Å². The summed E-state index contributed by atoms with van der Waals surface area (Å²) in [6.07, 6.45) is 4.19. The molecule has 0 aliphatic rings. The lowest BCUT2D eigenvalue weighted by Crippen LogP contribution is -2.35. The van der Waals surface area contributed by atoms with E-state index in [-0.39, 0.29) is 12.5 Å². The zero-order valence-electron chi connectivity index (χ0n) is 11.0. The number of carbonyl (C=O) groups excluding carboxylic acids is 1. The summed E-state index contributed by atoms with van der Waals surface area (Å²) in [5.74, 6) is -0.103. The summed E-state index contributed by atoms with van der Waals surface area (Å²) in [5, 5.41) is 8.91. The molecule has 0 atom stereocenters. The summed E-state index contributed by atoms with van der Waals surface area (Å²) >= 11 is 1.75. The van der Waals surface area contributed by atoms with Gasteiger partial charge >= 0.3 is 5.97 Å². The third-order valence-corrected chi connectivity index (χ3v) is 3.35. The third kappa shape index (κ3) is 5.79. The largest absolute Gasteiger partial charge is 0.480 e. The van der Waals surface area contributed by atoms with Gasteiger partial charge in [0.25, 0.3) is 0 Å². The Labute approximate surface area is 117 Å². The molecule has 0 saturated heterocycles. The van der Waals surface area contributed by atoms with Crippen LogP contribution in [-0.4, -0.2) is 35.5 Å². The van der Waals surface area contributed by atoms with E-state index in [0.29, 0.717) is 12.1 Å². The highest BCUT2D eigenvalue weighted by molar-refractivity contribution is 7.98. The fourth-order valence-electron chi connectivity index (χ4n) is 1.72. The number of thioether (sulfide) groups is 1. The van der Waals surface area contributed by atoms with E-state index in [0.717, 1.165) is 18.6 Å². The van der Waals surface area contributed by atoms with Crippen molar-refractivity contribution in [3.8, 4) is 0 Å². The zero-order chi connectivity index (χ0) is 14.1. The maximum Gasteiger partial charge on any atom is 0.323 e. The van der Waals surface area contributed by atoms with Gasteiger partial charge in [-0.05, 0) is 37.0 Å². The lowest BCUT2D eigenvalue weighted by molar-refractivity contribution is -0.136. The quantitative estimate of drug-likeness (QED) is 0.744.